The van der Waals surface area contributed by atoms with Crippen LogP contribution >= 0.6 is 0 Å². The number of rotatable bonds is 3. The van der Waals surface area contributed by atoms with Gasteiger partial charge >= 0.3 is 12.1 Å². The zero-order valence-corrected chi connectivity index (χ0v) is 9.60. The summed E-state index contributed by atoms with van der Waals surface area (Å²) in [6, 6.07) is 4.15. The van der Waals surface area contributed by atoms with E-state index in [2.05, 4.69) is 0 Å². The molecule has 0 N–H and O–H groups in total. The van der Waals surface area contributed by atoms with Gasteiger partial charge in [-0.2, -0.15) is 13.2 Å². The van der Waals surface area contributed by atoms with Gasteiger partial charge in [0.15, 0.2) is 0 Å². The number of carbonyl (C=O) groups is 1. The summed E-state index contributed by atoms with van der Waals surface area (Å²) in [5.41, 5.74) is 0.835. The molecule has 1 rings (SSSR count). The van der Waals surface area contributed by atoms with Crippen molar-refractivity contribution in [2.75, 3.05) is 6.61 Å². The molecule has 0 amide bonds. The Kier molecular flexibility index (Phi) is 4.15. The summed E-state index contributed by atoms with van der Waals surface area (Å²) in [5, 5.41) is 0. The Labute approximate surface area is 97.4 Å². The Bertz CT molecular complexity index is 411. The van der Waals surface area contributed by atoms with Gasteiger partial charge in [0.1, 0.15) is 0 Å². The van der Waals surface area contributed by atoms with E-state index < -0.39 is 18.6 Å². The zero-order valence-electron chi connectivity index (χ0n) is 9.60. The second-order valence-corrected chi connectivity index (χ2v) is 3.72. The predicted octanol–water partition coefficient (Wildman–Crippen LogP) is 3.28. The monoisotopic (exact) mass is 246 g/mol. The fourth-order valence-corrected chi connectivity index (χ4v) is 1.53. The first kappa shape index (κ1) is 13.5. The van der Waals surface area contributed by atoms with Crippen LogP contribution in [-0.4, -0.2) is 18.8 Å². The highest BCUT2D eigenvalue weighted by molar-refractivity contribution is 5.89. The summed E-state index contributed by atoms with van der Waals surface area (Å²) in [5.74, 6) is -0.598. The lowest BCUT2D eigenvalue weighted by Crippen LogP contribution is -2.13. The molecule has 0 saturated heterocycles. The van der Waals surface area contributed by atoms with E-state index in [1.165, 1.54) is 18.2 Å². The highest BCUT2D eigenvalue weighted by Crippen LogP contribution is 2.23. The summed E-state index contributed by atoms with van der Waals surface area (Å²) in [6.45, 7) is 3.48. The minimum absolute atomic E-state index is 0.0700. The van der Waals surface area contributed by atoms with Crippen molar-refractivity contribution in [1.82, 2.24) is 0 Å². The topological polar surface area (TPSA) is 26.3 Å². The van der Waals surface area contributed by atoms with Gasteiger partial charge in [-0.05, 0) is 37.1 Å². The van der Waals surface area contributed by atoms with Crippen molar-refractivity contribution in [3.05, 3.63) is 34.9 Å². The first-order valence-corrected chi connectivity index (χ1v) is 5.16. The molecule has 0 aliphatic rings. The SMILES string of the molecule is CCOC(=O)c1cc(C)cc(CC(F)(F)F)c1. The molecule has 0 spiro atoms. The van der Waals surface area contributed by atoms with E-state index >= 15 is 0 Å². The predicted molar refractivity (Wildman–Crippen MR) is 56.9 cm³/mol. The van der Waals surface area contributed by atoms with Gasteiger partial charge in [-0.15, -0.1) is 0 Å². The van der Waals surface area contributed by atoms with Crippen molar-refractivity contribution in [3.8, 4) is 0 Å². The van der Waals surface area contributed by atoms with Crippen molar-refractivity contribution in [2.24, 2.45) is 0 Å². The van der Waals surface area contributed by atoms with Crippen molar-refractivity contribution >= 4 is 5.97 Å². The lowest BCUT2D eigenvalue weighted by molar-refractivity contribution is -0.127. The van der Waals surface area contributed by atoms with Gasteiger partial charge in [-0.1, -0.05) is 6.07 Å². The largest absolute Gasteiger partial charge is 0.462 e. The maximum absolute atomic E-state index is 12.2. The Morgan fingerprint density at radius 2 is 1.94 bits per heavy atom. The molecule has 0 radical (unpaired) electrons. The maximum atomic E-state index is 12.2. The van der Waals surface area contributed by atoms with Crippen LogP contribution in [0, 0.1) is 6.92 Å². The molecular formula is C12H13F3O2. The molecule has 0 fully saturated rings. The van der Waals surface area contributed by atoms with Crippen molar-refractivity contribution < 1.29 is 22.7 Å². The van der Waals surface area contributed by atoms with E-state index in [0.29, 0.717) is 5.56 Å². The molecule has 0 aromatic heterocycles. The average molecular weight is 246 g/mol. The number of esters is 1. The summed E-state index contributed by atoms with van der Waals surface area (Å²) in [6.07, 6.45) is -5.32. The summed E-state index contributed by atoms with van der Waals surface area (Å²) in [4.78, 5) is 11.4. The van der Waals surface area contributed by atoms with Crippen LogP contribution in [0.4, 0.5) is 13.2 Å². The van der Waals surface area contributed by atoms with Crippen LogP contribution < -0.4 is 0 Å². The van der Waals surface area contributed by atoms with Crippen molar-refractivity contribution in [1.29, 1.82) is 0 Å². The van der Waals surface area contributed by atoms with Gasteiger partial charge in [0.25, 0.3) is 0 Å². The first-order valence-electron chi connectivity index (χ1n) is 5.16. The number of ether oxygens (including phenoxy) is 1. The first-order chi connectivity index (χ1) is 7.81. The molecule has 0 aliphatic heterocycles. The van der Waals surface area contributed by atoms with E-state index in [1.54, 1.807) is 13.8 Å². The number of carbonyl (C=O) groups excluding carboxylic acids is 1. The minimum atomic E-state index is -4.28. The average Bonchev–Trinajstić information content (AvgIpc) is 2.14. The smallest absolute Gasteiger partial charge is 0.393 e. The van der Waals surface area contributed by atoms with Crippen LogP contribution in [0.5, 0.6) is 0 Å². The van der Waals surface area contributed by atoms with Crippen LogP contribution in [-0.2, 0) is 11.2 Å². The number of alkyl halides is 3. The second-order valence-electron chi connectivity index (χ2n) is 3.72. The van der Waals surface area contributed by atoms with Gasteiger partial charge in [0, 0.05) is 0 Å². The standard InChI is InChI=1S/C12H13F3O2/c1-3-17-11(16)10-5-8(2)4-9(6-10)7-12(13,14)15/h4-6H,3,7H2,1-2H3. The Morgan fingerprint density at radius 1 is 1.29 bits per heavy atom. The molecule has 2 nitrogen and oxygen atoms in total. The number of halogens is 3. The molecule has 1 aromatic rings. The second kappa shape index (κ2) is 5.21. The van der Waals surface area contributed by atoms with Crippen LogP contribution in [0.25, 0.3) is 0 Å². The normalized spacial score (nSPS) is 11.4. The highest BCUT2D eigenvalue weighted by atomic mass is 19.4. The molecule has 0 unspecified atom stereocenters. The number of benzene rings is 1. The number of hydrogen-bond donors (Lipinski definition) is 0. The fourth-order valence-electron chi connectivity index (χ4n) is 1.53. The van der Waals surface area contributed by atoms with Gasteiger partial charge in [-0.3, -0.25) is 0 Å². The van der Waals surface area contributed by atoms with Crippen LogP contribution in [0.3, 0.4) is 0 Å². The third kappa shape index (κ3) is 4.46. The maximum Gasteiger partial charge on any atom is 0.393 e. The van der Waals surface area contributed by atoms with Gasteiger partial charge in [-0.25, -0.2) is 4.79 Å². The summed E-state index contributed by atoms with van der Waals surface area (Å²) < 4.78 is 41.5. The van der Waals surface area contributed by atoms with E-state index in [-0.39, 0.29) is 17.7 Å². The Hall–Kier alpha value is -1.52. The van der Waals surface area contributed by atoms with Gasteiger partial charge in [0.05, 0.1) is 18.6 Å². The molecule has 0 bridgehead atoms. The molecular weight excluding hydrogens is 233 g/mol. The molecule has 0 heterocycles. The van der Waals surface area contributed by atoms with E-state index in [0.717, 1.165) is 0 Å². The van der Waals surface area contributed by atoms with E-state index in [1.807, 2.05) is 0 Å². The summed E-state index contributed by atoms with van der Waals surface area (Å²) in [7, 11) is 0. The molecule has 17 heavy (non-hydrogen) atoms. The lowest BCUT2D eigenvalue weighted by Gasteiger charge is -2.09. The minimum Gasteiger partial charge on any atom is -0.462 e. The fraction of sp³-hybridized carbons (Fsp3) is 0.417. The molecule has 0 saturated carbocycles. The highest BCUT2D eigenvalue weighted by Gasteiger charge is 2.28. The molecule has 0 aliphatic carbocycles. The van der Waals surface area contributed by atoms with Crippen molar-refractivity contribution in [2.45, 2.75) is 26.4 Å². The molecule has 1 aromatic carbocycles. The number of hydrogen-bond acceptors (Lipinski definition) is 2. The van der Waals surface area contributed by atoms with Crippen LogP contribution in [0.15, 0.2) is 18.2 Å². The molecule has 5 heteroatoms. The van der Waals surface area contributed by atoms with E-state index in [9.17, 15) is 18.0 Å². The lowest BCUT2D eigenvalue weighted by atomic mass is 10.0. The van der Waals surface area contributed by atoms with Crippen LogP contribution in [0.2, 0.25) is 0 Å². The van der Waals surface area contributed by atoms with E-state index in [4.69, 9.17) is 4.74 Å². The molecule has 0 atom stereocenters. The van der Waals surface area contributed by atoms with Crippen LogP contribution in [0.1, 0.15) is 28.4 Å². The van der Waals surface area contributed by atoms with Gasteiger partial charge in [0.2, 0.25) is 0 Å². The number of aryl methyl sites for hydroxylation is 1. The van der Waals surface area contributed by atoms with Crippen molar-refractivity contribution in [3.63, 3.8) is 0 Å². The third-order valence-corrected chi connectivity index (χ3v) is 2.05. The zero-order chi connectivity index (χ0) is 13.1. The quantitative estimate of drug-likeness (QED) is 0.765. The Balaban J connectivity index is 2.98. The summed E-state index contributed by atoms with van der Waals surface area (Å²) >= 11 is 0. The van der Waals surface area contributed by atoms with Gasteiger partial charge < -0.3 is 4.74 Å². The molecule has 94 valence electrons. The Morgan fingerprint density at radius 3 is 2.47 bits per heavy atom. The third-order valence-electron chi connectivity index (χ3n) is 2.05.